The summed E-state index contributed by atoms with van der Waals surface area (Å²) in [5.41, 5.74) is 10.7. The normalized spacial score (nSPS) is 11.4. The Hall–Kier alpha value is -1.61. The van der Waals surface area contributed by atoms with Crippen LogP contribution in [0.3, 0.4) is 0 Å². The van der Waals surface area contributed by atoms with Gasteiger partial charge in [0, 0.05) is 6.54 Å². The molecule has 1 aromatic heterocycles. The Morgan fingerprint density at radius 2 is 1.76 bits per heavy atom. The fraction of sp³-hybridized carbons (Fsp3) is 0.625. The molecule has 1 aromatic rings. The Labute approximate surface area is 96.5 Å². The quantitative estimate of drug-likeness (QED) is 0.597. The Morgan fingerprint density at radius 1 is 1.18 bits per heavy atom. The molecule has 0 amide bonds. The highest BCUT2D eigenvalue weighted by molar-refractivity contribution is 5.25. The first-order valence-corrected chi connectivity index (χ1v) is 4.88. The number of aliphatic hydroxyl groups is 1. The maximum absolute atomic E-state index is 12.2. The lowest BCUT2D eigenvalue weighted by Gasteiger charge is -2.19. The van der Waals surface area contributed by atoms with Crippen LogP contribution >= 0.6 is 0 Å². The molecule has 0 saturated carbocycles. The van der Waals surface area contributed by atoms with E-state index in [-0.39, 0.29) is 37.4 Å². The maximum Gasteiger partial charge on any atom is 0.251 e. The summed E-state index contributed by atoms with van der Waals surface area (Å²) in [4.78, 5) is 12.4. The molecule has 0 fully saturated rings. The van der Waals surface area contributed by atoms with E-state index in [0.717, 1.165) is 0 Å². The number of nitrogen functional groups attached to an aromatic ring is 2. The number of anilines is 2. The van der Waals surface area contributed by atoms with Gasteiger partial charge in [-0.1, -0.05) is 0 Å². The van der Waals surface area contributed by atoms with Crippen molar-refractivity contribution in [2.75, 3.05) is 31.2 Å². The van der Waals surface area contributed by atoms with Gasteiger partial charge in [-0.15, -0.1) is 0 Å². The van der Waals surface area contributed by atoms with Gasteiger partial charge in [-0.3, -0.25) is 4.90 Å². The Balaban J connectivity index is 2.70. The molecular formula is C8H14F2N6O. The first-order chi connectivity index (χ1) is 8.01. The third-order valence-corrected chi connectivity index (χ3v) is 1.89. The minimum atomic E-state index is -2.50. The number of halogens is 2. The van der Waals surface area contributed by atoms with Gasteiger partial charge in [0.2, 0.25) is 11.9 Å². The molecule has 0 spiro atoms. The van der Waals surface area contributed by atoms with Crippen molar-refractivity contribution in [3.8, 4) is 0 Å². The van der Waals surface area contributed by atoms with Crippen molar-refractivity contribution in [3.05, 3.63) is 5.82 Å². The zero-order chi connectivity index (χ0) is 12.8. The number of aliphatic hydroxyl groups excluding tert-OH is 1. The number of alkyl halides is 2. The molecule has 0 atom stereocenters. The number of nitrogens with zero attached hydrogens (tertiary/aromatic N) is 4. The molecule has 1 rings (SSSR count). The highest BCUT2D eigenvalue weighted by Crippen LogP contribution is 2.05. The average molecular weight is 248 g/mol. The molecule has 0 radical (unpaired) electrons. The monoisotopic (exact) mass is 248 g/mol. The van der Waals surface area contributed by atoms with E-state index < -0.39 is 13.0 Å². The predicted octanol–water partition coefficient (Wildman–Crippen LogP) is -0.905. The van der Waals surface area contributed by atoms with Gasteiger partial charge in [-0.25, -0.2) is 8.78 Å². The molecule has 0 aliphatic heterocycles. The average Bonchev–Trinajstić information content (AvgIpc) is 2.14. The van der Waals surface area contributed by atoms with Gasteiger partial charge in [-0.2, -0.15) is 15.0 Å². The maximum atomic E-state index is 12.2. The third-order valence-electron chi connectivity index (χ3n) is 1.89. The molecule has 5 N–H and O–H groups in total. The summed E-state index contributed by atoms with van der Waals surface area (Å²) >= 11 is 0. The topological polar surface area (TPSA) is 114 Å². The van der Waals surface area contributed by atoms with Crippen molar-refractivity contribution in [3.63, 3.8) is 0 Å². The van der Waals surface area contributed by atoms with E-state index in [1.165, 1.54) is 4.90 Å². The summed E-state index contributed by atoms with van der Waals surface area (Å²) in [6.07, 6.45) is -2.50. The Bertz CT molecular complexity index is 344. The van der Waals surface area contributed by atoms with Crippen LogP contribution in [0.5, 0.6) is 0 Å². The van der Waals surface area contributed by atoms with E-state index in [4.69, 9.17) is 16.6 Å². The zero-order valence-electron chi connectivity index (χ0n) is 9.05. The number of rotatable bonds is 6. The molecule has 0 bridgehead atoms. The summed E-state index contributed by atoms with van der Waals surface area (Å²) < 4.78 is 24.5. The molecular weight excluding hydrogens is 234 g/mol. The number of hydrogen-bond acceptors (Lipinski definition) is 7. The number of nitrogens with two attached hydrogens (primary N) is 2. The first-order valence-electron chi connectivity index (χ1n) is 4.88. The summed E-state index contributed by atoms with van der Waals surface area (Å²) in [6.45, 7) is -0.591. The lowest BCUT2D eigenvalue weighted by molar-refractivity contribution is 0.0734. The van der Waals surface area contributed by atoms with E-state index in [2.05, 4.69) is 15.0 Å². The molecule has 96 valence electrons. The van der Waals surface area contributed by atoms with Crippen LogP contribution in [0.4, 0.5) is 20.7 Å². The predicted molar refractivity (Wildman–Crippen MR) is 57.0 cm³/mol. The summed E-state index contributed by atoms with van der Waals surface area (Å²) in [5, 5.41) is 8.75. The summed E-state index contributed by atoms with van der Waals surface area (Å²) in [7, 11) is 0. The van der Waals surface area contributed by atoms with Crippen LogP contribution in [0.15, 0.2) is 0 Å². The van der Waals surface area contributed by atoms with Gasteiger partial charge in [0.05, 0.1) is 19.7 Å². The molecule has 9 heteroatoms. The van der Waals surface area contributed by atoms with Crippen molar-refractivity contribution in [2.24, 2.45) is 0 Å². The van der Waals surface area contributed by atoms with Crippen LogP contribution in [0, 0.1) is 0 Å². The molecule has 0 aromatic carbocycles. The Morgan fingerprint density at radius 3 is 2.24 bits per heavy atom. The first kappa shape index (κ1) is 13.5. The summed E-state index contributed by atoms with van der Waals surface area (Å²) in [5.74, 6) is 0.0751. The molecule has 0 unspecified atom stereocenters. The van der Waals surface area contributed by atoms with Crippen LogP contribution in [0.25, 0.3) is 0 Å². The van der Waals surface area contributed by atoms with Gasteiger partial charge in [0.1, 0.15) is 5.82 Å². The second-order valence-corrected chi connectivity index (χ2v) is 3.32. The lowest BCUT2D eigenvalue weighted by Crippen LogP contribution is -2.32. The Kier molecular flexibility index (Phi) is 4.91. The molecule has 1 heterocycles. The second-order valence-electron chi connectivity index (χ2n) is 3.32. The van der Waals surface area contributed by atoms with Gasteiger partial charge in [0.15, 0.2) is 0 Å². The van der Waals surface area contributed by atoms with Crippen molar-refractivity contribution in [2.45, 2.75) is 13.0 Å². The second kappa shape index (κ2) is 6.21. The van der Waals surface area contributed by atoms with Crippen LogP contribution in [0.2, 0.25) is 0 Å². The number of aromatic nitrogens is 3. The van der Waals surface area contributed by atoms with Gasteiger partial charge < -0.3 is 16.6 Å². The molecule has 0 aliphatic carbocycles. The van der Waals surface area contributed by atoms with Crippen molar-refractivity contribution in [1.29, 1.82) is 0 Å². The van der Waals surface area contributed by atoms with Gasteiger partial charge in [-0.05, 0) is 0 Å². The highest BCUT2D eigenvalue weighted by atomic mass is 19.3. The lowest BCUT2D eigenvalue weighted by atomic mass is 10.4. The van der Waals surface area contributed by atoms with Gasteiger partial charge in [0.25, 0.3) is 6.43 Å². The van der Waals surface area contributed by atoms with Crippen molar-refractivity contribution in [1.82, 2.24) is 19.9 Å². The van der Waals surface area contributed by atoms with Crippen molar-refractivity contribution < 1.29 is 13.9 Å². The van der Waals surface area contributed by atoms with Gasteiger partial charge >= 0.3 is 0 Å². The molecule has 0 saturated heterocycles. The highest BCUT2D eigenvalue weighted by Gasteiger charge is 2.14. The third kappa shape index (κ3) is 4.83. The fourth-order valence-corrected chi connectivity index (χ4v) is 1.30. The van der Waals surface area contributed by atoms with E-state index in [1.807, 2.05) is 0 Å². The largest absolute Gasteiger partial charge is 0.395 e. The van der Waals surface area contributed by atoms with E-state index in [0.29, 0.717) is 0 Å². The van der Waals surface area contributed by atoms with E-state index in [9.17, 15) is 8.78 Å². The molecule has 0 aliphatic rings. The molecule has 7 nitrogen and oxygen atoms in total. The van der Waals surface area contributed by atoms with Crippen LogP contribution < -0.4 is 11.5 Å². The SMILES string of the molecule is Nc1nc(N)nc(CN(CCO)CC(F)F)n1. The zero-order valence-corrected chi connectivity index (χ0v) is 9.05. The minimum Gasteiger partial charge on any atom is -0.395 e. The van der Waals surface area contributed by atoms with E-state index in [1.54, 1.807) is 0 Å². The fourth-order valence-electron chi connectivity index (χ4n) is 1.30. The number of hydrogen-bond donors (Lipinski definition) is 3. The molecule has 17 heavy (non-hydrogen) atoms. The van der Waals surface area contributed by atoms with Crippen LogP contribution in [-0.4, -0.2) is 51.1 Å². The minimum absolute atomic E-state index is 0.0296. The van der Waals surface area contributed by atoms with Crippen molar-refractivity contribution >= 4 is 11.9 Å². The summed E-state index contributed by atoms with van der Waals surface area (Å²) in [6, 6.07) is 0. The smallest absolute Gasteiger partial charge is 0.251 e. The standard InChI is InChI=1S/C8H14F2N6O/c9-5(10)3-16(1-2-17)4-6-13-7(11)15-8(12)14-6/h5,17H,1-4H2,(H4,11,12,13,14,15). The van der Waals surface area contributed by atoms with Crippen LogP contribution in [-0.2, 0) is 6.54 Å². The van der Waals surface area contributed by atoms with Crippen LogP contribution in [0.1, 0.15) is 5.82 Å². The van der Waals surface area contributed by atoms with E-state index >= 15 is 0 Å².